The van der Waals surface area contributed by atoms with Crippen molar-refractivity contribution >= 4 is 15.9 Å². The summed E-state index contributed by atoms with van der Waals surface area (Å²) in [7, 11) is 0. The minimum absolute atomic E-state index is 0.0606. The highest BCUT2D eigenvalue weighted by atomic mass is 79.9. The van der Waals surface area contributed by atoms with Crippen molar-refractivity contribution < 1.29 is 4.74 Å². The summed E-state index contributed by atoms with van der Waals surface area (Å²) in [6.45, 7) is 4.95. The van der Waals surface area contributed by atoms with Crippen LogP contribution in [-0.2, 0) is 0 Å². The van der Waals surface area contributed by atoms with Gasteiger partial charge in [0.25, 0.3) is 0 Å². The molecule has 0 amide bonds. The van der Waals surface area contributed by atoms with Crippen molar-refractivity contribution in [3.63, 3.8) is 0 Å². The summed E-state index contributed by atoms with van der Waals surface area (Å²) < 4.78 is 6.67. The lowest BCUT2D eigenvalue weighted by atomic mass is 10.1. The first kappa shape index (κ1) is 13.5. The first-order chi connectivity index (χ1) is 7.65. The van der Waals surface area contributed by atoms with Crippen molar-refractivity contribution in [2.45, 2.75) is 39.2 Å². The van der Waals surface area contributed by atoms with Crippen LogP contribution in [0.25, 0.3) is 0 Å². The average molecular weight is 286 g/mol. The number of rotatable bonds is 6. The smallest absolute Gasteiger partial charge is 0.133 e. The Morgan fingerprint density at radius 2 is 2.12 bits per heavy atom. The molecule has 1 rings (SSSR count). The van der Waals surface area contributed by atoms with E-state index in [1.54, 1.807) is 0 Å². The lowest BCUT2D eigenvalue weighted by Crippen LogP contribution is -2.05. The molecule has 0 fully saturated rings. The van der Waals surface area contributed by atoms with Gasteiger partial charge in [-0.05, 0) is 47.0 Å². The topological polar surface area (TPSA) is 35.2 Å². The van der Waals surface area contributed by atoms with Crippen LogP contribution in [0.3, 0.4) is 0 Å². The molecule has 0 aliphatic heterocycles. The molecular formula is C13H20BrNO. The van der Waals surface area contributed by atoms with Crippen molar-refractivity contribution in [3.8, 4) is 5.75 Å². The molecule has 2 N–H and O–H groups in total. The van der Waals surface area contributed by atoms with Gasteiger partial charge in [0.15, 0.2) is 0 Å². The monoisotopic (exact) mass is 285 g/mol. The number of nitrogens with two attached hydrogens (primary N) is 1. The standard InChI is InChI=1S/C13H20BrNO/c1-3-4-5-8-16-13-7-6-11(10(2)15)9-12(13)14/h6-7,9-10H,3-5,8,15H2,1-2H3. The van der Waals surface area contributed by atoms with Crippen LogP contribution in [0.1, 0.15) is 44.7 Å². The second-order valence-electron chi connectivity index (χ2n) is 4.03. The fourth-order valence-electron chi connectivity index (χ4n) is 1.45. The van der Waals surface area contributed by atoms with E-state index < -0.39 is 0 Å². The molecule has 0 saturated heterocycles. The highest BCUT2D eigenvalue weighted by Gasteiger charge is 2.05. The van der Waals surface area contributed by atoms with Crippen LogP contribution in [0.2, 0.25) is 0 Å². The maximum atomic E-state index is 5.81. The van der Waals surface area contributed by atoms with E-state index in [0.717, 1.165) is 28.8 Å². The number of ether oxygens (including phenoxy) is 1. The maximum Gasteiger partial charge on any atom is 0.133 e. The number of benzene rings is 1. The lowest BCUT2D eigenvalue weighted by Gasteiger charge is -2.11. The molecule has 0 aliphatic rings. The van der Waals surface area contributed by atoms with E-state index in [1.807, 2.05) is 25.1 Å². The van der Waals surface area contributed by atoms with E-state index in [2.05, 4.69) is 22.9 Å². The second kappa shape index (κ2) is 6.92. The van der Waals surface area contributed by atoms with Crippen molar-refractivity contribution in [3.05, 3.63) is 28.2 Å². The maximum absolute atomic E-state index is 5.81. The molecule has 0 saturated carbocycles. The van der Waals surface area contributed by atoms with Gasteiger partial charge in [-0.2, -0.15) is 0 Å². The molecule has 2 nitrogen and oxygen atoms in total. The average Bonchev–Trinajstić information content (AvgIpc) is 2.26. The van der Waals surface area contributed by atoms with Crippen LogP contribution >= 0.6 is 15.9 Å². The molecule has 0 radical (unpaired) electrons. The Bertz CT molecular complexity index is 326. The summed E-state index contributed by atoms with van der Waals surface area (Å²) in [5, 5.41) is 0. The van der Waals surface area contributed by atoms with Gasteiger partial charge in [-0.15, -0.1) is 0 Å². The summed E-state index contributed by atoms with van der Waals surface area (Å²) in [4.78, 5) is 0. The predicted molar refractivity (Wildman–Crippen MR) is 71.8 cm³/mol. The van der Waals surface area contributed by atoms with Crippen molar-refractivity contribution in [2.24, 2.45) is 5.73 Å². The summed E-state index contributed by atoms with van der Waals surface area (Å²) >= 11 is 3.50. The molecular weight excluding hydrogens is 266 g/mol. The van der Waals surface area contributed by atoms with E-state index in [1.165, 1.54) is 12.8 Å². The summed E-state index contributed by atoms with van der Waals surface area (Å²) in [6.07, 6.45) is 3.54. The third kappa shape index (κ3) is 4.14. The van der Waals surface area contributed by atoms with Gasteiger partial charge in [0.1, 0.15) is 5.75 Å². The third-order valence-corrected chi connectivity index (χ3v) is 3.11. The van der Waals surface area contributed by atoms with Crippen molar-refractivity contribution in [1.82, 2.24) is 0 Å². The van der Waals surface area contributed by atoms with Gasteiger partial charge >= 0.3 is 0 Å². The largest absolute Gasteiger partial charge is 0.492 e. The lowest BCUT2D eigenvalue weighted by molar-refractivity contribution is 0.304. The molecule has 1 unspecified atom stereocenters. The Kier molecular flexibility index (Phi) is 5.85. The van der Waals surface area contributed by atoms with Crippen LogP contribution in [0.15, 0.2) is 22.7 Å². The quantitative estimate of drug-likeness (QED) is 0.801. The number of unbranched alkanes of at least 4 members (excludes halogenated alkanes) is 2. The van der Waals surface area contributed by atoms with Crippen LogP contribution < -0.4 is 10.5 Å². The van der Waals surface area contributed by atoms with Crippen LogP contribution in [0.4, 0.5) is 0 Å². The highest BCUT2D eigenvalue weighted by Crippen LogP contribution is 2.27. The minimum atomic E-state index is 0.0606. The van der Waals surface area contributed by atoms with E-state index >= 15 is 0 Å². The van der Waals surface area contributed by atoms with Crippen LogP contribution in [0.5, 0.6) is 5.75 Å². The Balaban J connectivity index is 2.54. The first-order valence-corrected chi connectivity index (χ1v) is 6.62. The molecule has 1 aromatic carbocycles. The molecule has 16 heavy (non-hydrogen) atoms. The van der Waals surface area contributed by atoms with E-state index in [0.29, 0.717) is 0 Å². The number of hydrogen-bond acceptors (Lipinski definition) is 2. The Morgan fingerprint density at radius 3 is 2.69 bits per heavy atom. The SMILES string of the molecule is CCCCCOc1ccc(C(C)N)cc1Br. The molecule has 0 spiro atoms. The molecule has 0 bridgehead atoms. The molecule has 3 heteroatoms. The van der Waals surface area contributed by atoms with Crippen LogP contribution in [0, 0.1) is 0 Å². The fraction of sp³-hybridized carbons (Fsp3) is 0.538. The Labute approximate surface area is 106 Å². The molecule has 90 valence electrons. The minimum Gasteiger partial charge on any atom is -0.492 e. The van der Waals surface area contributed by atoms with Crippen molar-refractivity contribution in [2.75, 3.05) is 6.61 Å². The number of halogens is 1. The van der Waals surface area contributed by atoms with Gasteiger partial charge in [0.2, 0.25) is 0 Å². The molecule has 0 aliphatic carbocycles. The molecule has 0 heterocycles. The summed E-state index contributed by atoms with van der Waals surface area (Å²) in [6, 6.07) is 6.09. The summed E-state index contributed by atoms with van der Waals surface area (Å²) in [5.74, 6) is 0.903. The molecule has 1 atom stereocenters. The zero-order chi connectivity index (χ0) is 12.0. The zero-order valence-corrected chi connectivity index (χ0v) is 11.6. The van der Waals surface area contributed by atoms with Gasteiger partial charge in [0, 0.05) is 6.04 Å². The molecule has 1 aromatic rings. The predicted octanol–water partition coefficient (Wildman–Crippen LogP) is 4.04. The fourth-order valence-corrected chi connectivity index (χ4v) is 1.96. The van der Waals surface area contributed by atoms with Crippen molar-refractivity contribution in [1.29, 1.82) is 0 Å². The second-order valence-corrected chi connectivity index (χ2v) is 4.89. The normalized spacial score (nSPS) is 12.5. The molecule has 0 aromatic heterocycles. The van der Waals surface area contributed by atoms with E-state index in [4.69, 9.17) is 10.5 Å². The van der Waals surface area contributed by atoms with Gasteiger partial charge in [-0.25, -0.2) is 0 Å². The van der Waals surface area contributed by atoms with Gasteiger partial charge in [-0.3, -0.25) is 0 Å². The zero-order valence-electron chi connectivity index (χ0n) is 10.0. The first-order valence-electron chi connectivity index (χ1n) is 5.83. The van der Waals surface area contributed by atoms with Crippen LogP contribution in [-0.4, -0.2) is 6.61 Å². The van der Waals surface area contributed by atoms with E-state index in [9.17, 15) is 0 Å². The van der Waals surface area contributed by atoms with Gasteiger partial charge in [-0.1, -0.05) is 25.8 Å². The highest BCUT2D eigenvalue weighted by molar-refractivity contribution is 9.10. The summed E-state index contributed by atoms with van der Waals surface area (Å²) in [5.41, 5.74) is 6.93. The Hall–Kier alpha value is -0.540. The number of hydrogen-bond donors (Lipinski definition) is 1. The van der Waals surface area contributed by atoms with Gasteiger partial charge in [0.05, 0.1) is 11.1 Å². The van der Waals surface area contributed by atoms with Gasteiger partial charge < -0.3 is 10.5 Å². The Morgan fingerprint density at radius 1 is 1.38 bits per heavy atom. The van der Waals surface area contributed by atoms with E-state index in [-0.39, 0.29) is 6.04 Å². The third-order valence-electron chi connectivity index (χ3n) is 2.49.